The van der Waals surface area contributed by atoms with Crippen molar-refractivity contribution in [3.8, 4) is 0 Å². The van der Waals surface area contributed by atoms with E-state index in [0.29, 0.717) is 0 Å². The van der Waals surface area contributed by atoms with Crippen molar-refractivity contribution in [1.29, 1.82) is 0 Å². The van der Waals surface area contributed by atoms with Gasteiger partial charge in [0.15, 0.2) is 0 Å². The lowest BCUT2D eigenvalue weighted by atomic mass is 9.86. The maximum atomic E-state index is 5.42. The monoisotopic (exact) mass is 227 g/mol. The van der Waals surface area contributed by atoms with E-state index in [0.717, 1.165) is 25.0 Å². The van der Waals surface area contributed by atoms with Crippen LogP contribution in [0.15, 0.2) is 0 Å². The highest BCUT2D eigenvalue weighted by Crippen LogP contribution is 2.25. The SMILES string of the molecule is CCCNCC(CCC)CC1CCOCC1. The summed E-state index contributed by atoms with van der Waals surface area (Å²) in [6.07, 6.45) is 7.93. The zero-order valence-corrected chi connectivity index (χ0v) is 11.1. The van der Waals surface area contributed by atoms with E-state index >= 15 is 0 Å². The van der Waals surface area contributed by atoms with Gasteiger partial charge in [-0.3, -0.25) is 0 Å². The highest BCUT2D eigenvalue weighted by Gasteiger charge is 2.18. The molecule has 0 spiro atoms. The summed E-state index contributed by atoms with van der Waals surface area (Å²) in [5, 5.41) is 3.58. The summed E-state index contributed by atoms with van der Waals surface area (Å²) in [6, 6.07) is 0. The van der Waals surface area contributed by atoms with Crippen molar-refractivity contribution in [2.45, 2.75) is 52.4 Å². The van der Waals surface area contributed by atoms with Crippen molar-refractivity contribution >= 4 is 0 Å². The van der Waals surface area contributed by atoms with E-state index in [2.05, 4.69) is 19.2 Å². The van der Waals surface area contributed by atoms with Gasteiger partial charge in [-0.1, -0.05) is 20.3 Å². The minimum absolute atomic E-state index is 0.889. The first-order valence-electron chi connectivity index (χ1n) is 7.15. The predicted molar refractivity (Wildman–Crippen MR) is 69.7 cm³/mol. The number of nitrogens with one attached hydrogen (secondary N) is 1. The Morgan fingerprint density at radius 3 is 2.56 bits per heavy atom. The van der Waals surface area contributed by atoms with Gasteiger partial charge in [-0.15, -0.1) is 0 Å². The quantitative estimate of drug-likeness (QED) is 0.643. The van der Waals surface area contributed by atoms with Gasteiger partial charge in [-0.2, -0.15) is 0 Å². The molecule has 1 saturated heterocycles. The van der Waals surface area contributed by atoms with Gasteiger partial charge in [0, 0.05) is 13.2 Å². The van der Waals surface area contributed by atoms with Gasteiger partial charge < -0.3 is 10.1 Å². The number of rotatable bonds is 8. The molecule has 0 aromatic carbocycles. The standard InChI is InChI=1S/C14H29NO/c1-3-5-14(12-15-8-4-2)11-13-6-9-16-10-7-13/h13-15H,3-12H2,1-2H3. The number of hydrogen-bond donors (Lipinski definition) is 1. The molecule has 0 aromatic heterocycles. The van der Waals surface area contributed by atoms with Gasteiger partial charge in [0.25, 0.3) is 0 Å². The summed E-state index contributed by atoms with van der Waals surface area (Å²) >= 11 is 0. The Morgan fingerprint density at radius 1 is 1.19 bits per heavy atom. The molecule has 0 aliphatic carbocycles. The second-order valence-electron chi connectivity index (χ2n) is 5.15. The molecule has 1 fully saturated rings. The van der Waals surface area contributed by atoms with Gasteiger partial charge in [-0.25, -0.2) is 0 Å². The molecular weight excluding hydrogens is 198 g/mol. The first kappa shape index (κ1) is 14.0. The molecule has 1 aliphatic heterocycles. The van der Waals surface area contributed by atoms with Crippen molar-refractivity contribution in [1.82, 2.24) is 5.32 Å². The Morgan fingerprint density at radius 2 is 1.94 bits per heavy atom. The van der Waals surface area contributed by atoms with Crippen molar-refractivity contribution in [2.24, 2.45) is 11.8 Å². The zero-order chi connectivity index (χ0) is 11.6. The van der Waals surface area contributed by atoms with Crippen LogP contribution in [0.3, 0.4) is 0 Å². The highest BCUT2D eigenvalue weighted by atomic mass is 16.5. The minimum Gasteiger partial charge on any atom is -0.381 e. The average Bonchev–Trinajstić information content (AvgIpc) is 2.31. The Kier molecular flexibility index (Phi) is 7.87. The lowest BCUT2D eigenvalue weighted by Crippen LogP contribution is -2.27. The normalized spacial score (nSPS) is 19.9. The minimum atomic E-state index is 0.889. The molecule has 0 saturated carbocycles. The Bertz CT molecular complexity index is 155. The summed E-state index contributed by atoms with van der Waals surface area (Å²) in [5.74, 6) is 1.81. The highest BCUT2D eigenvalue weighted by molar-refractivity contribution is 4.70. The van der Waals surface area contributed by atoms with Gasteiger partial charge in [0.05, 0.1) is 0 Å². The molecule has 1 atom stereocenters. The van der Waals surface area contributed by atoms with Crippen LogP contribution in [0.5, 0.6) is 0 Å². The van der Waals surface area contributed by atoms with Crippen LogP contribution >= 0.6 is 0 Å². The molecule has 0 bridgehead atoms. The van der Waals surface area contributed by atoms with E-state index < -0.39 is 0 Å². The second-order valence-corrected chi connectivity index (χ2v) is 5.15. The van der Waals surface area contributed by atoms with Crippen molar-refractivity contribution in [3.63, 3.8) is 0 Å². The molecule has 0 radical (unpaired) electrons. The summed E-state index contributed by atoms with van der Waals surface area (Å²) in [4.78, 5) is 0. The molecule has 2 nitrogen and oxygen atoms in total. The number of hydrogen-bond acceptors (Lipinski definition) is 2. The van der Waals surface area contributed by atoms with Crippen LogP contribution in [-0.2, 0) is 4.74 Å². The van der Waals surface area contributed by atoms with E-state index in [1.165, 1.54) is 51.6 Å². The van der Waals surface area contributed by atoms with Gasteiger partial charge >= 0.3 is 0 Å². The molecule has 1 aliphatic rings. The van der Waals surface area contributed by atoms with Crippen LogP contribution in [0, 0.1) is 11.8 Å². The summed E-state index contributed by atoms with van der Waals surface area (Å²) in [5.41, 5.74) is 0. The predicted octanol–water partition coefficient (Wildman–Crippen LogP) is 3.22. The Labute approximate surface area is 101 Å². The van der Waals surface area contributed by atoms with Crippen LogP contribution in [0.1, 0.15) is 52.4 Å². The fourth-order valence-corrected chi connectivity index (χ4v) is 2.65. The fraction of sp³-hybridized carbons (Fsp3) is 1.00. The molecule has 1 N–H and O–H groups in total. The first-order valence-corrected chi connectivity index (χ1v) is 7.15. The molecular formula is C14H29NO. The largest absolute Gasteiger partial charge is 0.381 e. The van der Waals surface area contributed by atoms with Crippen molar-refractivity contribution in [2.75, 3.05) is 26.3 Å². The van der Waals surface area contributed by atoms with E-state index in [4.69, 9.17) is 4.74 Å². The summed E-state index contributed by atoms with van der Waals surface area (Å²) in [7, 11) is 0. The maximum absolute atomic E-state index is 5.42. The van der Waals surface area contributed by atoms with Crippen molar-refractivity contribution in [3.05, 3.63) is 0 Å². The maximum Gasteiger partial charge on any atom is 0.0468 e. The van der Waals surface area contributed by atoms with E-state index in [1.54, 1.807) is 0 Å². The van der Waals surface area contributed by atoms with E-state index in [9.17, 15) is 0 Å². The number of ether oxygens (including phenoxy) is 1. The third-order valence-electron chi connectivity index (χ3n) is 3.56. The van der Waals surface area contributed by atoms with Crippen LogP contribution in [0.2, 0.25) is 0 Å². The lowest BCUT2D eigenvalue weighted by Gasteiger charge is -2.26. The molecule has 0 aromatic rings. The van der Waals surface area contributed by atoms with E-state index in [-0.39, 0.29) is 0 Å². The van der Waals surface area contributed by atoms with Gasteiger partial charge in [-0.05, 0) is 57.0 Å². The molecule has 1 rings (SSSR count). The average molecular weight is 227 g/mol. The lowest BCUT2D eigenvalue weighted by molar-refractivity contribution is 0.0580. The Hall–Kier alpha value is -0.0800. The Balaban J connectivity index is 2.19. The van der Waals surface area contributed by atoms with Crippen LogP contribution in [0.25, 0.3) is 0 Å². The molecule has 16 heavy (non-hydrogen) atoms. The molecule has 96 valence electrons. The van der Waals surface area contributed by atoms with Crippen LogP contribution in [0.4, 0.5) is 0 Å². The summed E-state index contributed by atoms with van der Waals surface area (Å²) in [6.45, 7) is 8.92. The van der Waals surface area contributed by atoms with Gasteiger partial charge in [0.2, 0.25) is 0 Å². The molecule has 0 amide bonds. The molecule has 1 heterocycles. The fourth-order valence-electron chi connectivity index (χ4n) is 2.65. The van der Waals surface area contributed by atoms with Crippen LogP contribution in [-0.4, -0.2) is 26.3 Å². The van der Waals surface area contributed by atoms with E-state index in [1.807, 2.05) is 0 Å². The second kappa shape index (κ2) is 9.00. The van der Waals surface area contributed by atoms with Crippen molar-refractivity contribution < 1.29 is 4.74 Å². The third kappa shape index (κ3) is 5.86. The van der Waals surface area contributed by atoms with Crippen LogP contribution < -0.4 is 5.32 Å². The topological polar surface area (TPSA) is 21.3 Å². The smallest absolute Gasteiger partial charge is 0.0468 e. The zero-order valence-electron chi connectivity index (χ0n) is 11.1. The summed E-state index contributed by atoms with van der Waals surface area (Å²) < 4.78 is 5.42. The third-order valence-corrected chi connectivity index (χ3v) is 3.56. The molecule has 2 heteroatoms. The molecule has 1 unspecified atom stereocenters. The van der Waals surface area contributed by atoms with Gasteiger partial charge in [0.1, 0.15) is 0 Å². The first-order chi connectivity index (χ1) is 7.86.